The lowest BCUT2D eigenvalue weighted by Crippen LogP contribution is -1.99. The third kappa shape index (κ3) is 3.89. The Morgan fingerprint density at radius 1 is 0.952 bits per heavy atom. The molecule has 4 heteroatoms. The van der Waals surface area contributed by atoms with Crippen LogP contribution in [0.15, 0.2) is 42.5 Å². The summed E-state index contributed by atoms with van der Waals surface area (Å²) in [5.41, 5.74) is 1.83. The molecule has 1 unspecified atom stereocenters. The lowest BCUT2D eigenvalue weighted by molar-refractivity contribution is 0.198. The summed E-state index contributed by atoms with van der Waals surface area (Å²) >= 11 is 0. The van der Waals surface area contributed by atoms with Crippen LogP contribution >= 0.6 is 0 Å². The van der Waals surface area contributed by atoms with Crippen LogP contribution in [0.5, 0.6) is 17.2 Å². The Hall–Kier alpha value is -2.20. The third-order valence-corrected chi connectivity index (χ3v) is 3.22. The van der Waals surface area contributed by atoms with Crippen molar-refractivity contribution in [1.29, 1.82) is 0 Å². The van der Waals surface area contributed by atoms with E-state index in [1.165, 1.54) is 0 Å². The molecule has 21 heavy (non-hydrogen) atoms. The molecule has 2 rings (SSSR count). The maximum atomic E-state index is 9.58. The van der Waals surface area contributed by atoms with Crippen LogP contribution in [0.2, 0.25) is 0 Å². The smallest absolute Gasteiger partial charge is 0.161 e. The van der Waals surface area contributed by atoms with Gasteiger partial charge in [-0.15, -0.1) is 0 Å². The molecule has 1 atom stereocenters. The van der Waals surface area contributed by atoms with E-state index in [2.05, 4.69) is 0 Å². The van der Waals surface area contributed by atoms with Crippen molar-refractivity contribution >= 4 is 0 Å². The highest BCUT2D eigenvalue weighted by atomic mass is 16.5. The fraction of sp³-hybridized carbons (Fsp3) is 0.294. The number of rotatable bonds is 6. The Labute approximate surface area is 124 Å². The predicted octanol–water partition coefficient (Wildman–Crippen LogP) is 3.34. The SMILES string of the molecule is COc1ccc(COc2ccc(C(C)O)cc2OC)cc1. The first kappa shape index (κ1) is 15.2. The quantitative estimate of drug-likeness (QED) is 0.885. The molecular formula is C17H20O4. The summed E-state index contributed by atoms with van der Waals surface area (Å²) in [6.07, 6.45) is -0.533. The van der Waals surface area contributed by atoms with E-state index in [1.807, 2.05) is 36.4 Å². The molecule has 1 N–H and O–H groups in total. The van der Waals surface area contributed by atoms with Crippen LogP contribution in [-0.4, -0.2) is 19.3 Å². The standard InChI is InChI=1S/C17H20O4/c1-12(18)14-6-9-16(17(10-14)20-3)21-11-13-4-7-15(19-2)8-5-13/h4-10,12,18H,11H2,1-3H3. The molecule has 0 heterocycles. The van der Waals surface area contributed by atoms with Gasteiger partial charge in [0.15, 0.2) is 11.5 Å². The second kappa shape index (κ2) is 6.99. The van der Waals surface area contributed by atoms with Crippen LogP contribution in [0, 0.1) is 0 Å². The van der Waals surface area contributed by atoms with Crippen LogP contribution in [0.4, 0.5) is 0 Å². The number of benzene rings is 2. The number of hydrogen-bond donors (Lipinski definition) is 1. The lowest BCUT2D eigenvalue weighted by Gasteiger charge is -2.13. The zero-order valence-corrected chi connectivity index (χ0v) is 12.5. The van der Waals surface area contributed by atoms with Crippen molar-refractivity contribution < 1.29 is 19.3 Å². The summed E-state index contributed by atoms with van der Waals surface area (Å²) in [5.74, 6) is 2.08. The molecule has 0 aliphatic heterocycles. The predicted molar refractivity (Wildman–Crippen MR) is 81.0 cm³/mol. The summed E-state index contributed by atoms with van der Waals surface area (Å²) < 4.78 is 16.2. The van der Waals surface area contributed by atoms with Crippen LogP contribution in [-0.2, 0) is 6.61 Å². The maximum absolute atomic E-state index is 9.58. The first-order valence-electron chi connectivity index (χ1n) is 6.75. The molecular weight excluding hydrogens is 268 g/mol. The molecule has 0 bridgehead atoms. The van der Waals surface area contributed by atoms with Gasteiger partial charge in [0.25, 0.3) is 0 Å². The van der Waals surface area contributed by atoms with Gasteiger partial charge in [-0.05, 0) is 42.3 Å². The van der Waals surface area contributed by atoms with Crippen molar-refractivity contribution in [3.63, 3.8) is 0 Å². The molecule has 0 fully saturated rings. The van der Waals surface area contributed by atoms with E-state index in [-0.39, 0.29) is 0 Å². The number of methoxy groups -OCH3 is 2. The minimum absolute atomic E-state index is 0.439. The summed E-state index contributed by atoms with van der Waals surface area (Å²) in [4.78, 5) is 0. The van der Waals surface area contributed by atoms with Crippen LogP contribution in [0.1, 0.15) is 24.2 Å². The number of aliphatic hydroxyl groups excluding tert-OH is 1. The van der Waals surface area contributed by atoms with Gasteiger partial charge in [-0.25, -0.2) is 0 Å². The second-order valence-electron chi connectivity index (χ2n) is 4.72. The van der Waals surface area contributed by atoms with Gasteiger partial charge in [0, 0.05) is 0 Å². The zero-order valence-electron chi connectivity index (χ0n) is 12.5. The Kier molecular flexibility index (Phi) is 5.06. The van der Waals surface area contributed by atoms with Crippen molar-refractivity contribution in [2.75, 3.05) is 14.2 Å². The normalized spacial score (nSPS) is 11.8. The largest absolute Gasteiger partial charge is 0.497 e. The molecule has 0 aromatic heterocycles. The van der Waals surface area contributed by atoms with E-state index in [4.69, 9.17) is 14.2 Å². The summed E-state index contributed by atoms with van der Waals surface area (Å²) in [6, 6.07) is 13.1. The molecule has 0 saturated carbocycles. The van der Waals surface area contributed by atoms with E-state index in [0.29, 0.717) is 18.1 Å². The Balaban J connectivity index is 2.08. The van der Waals surface area contributed by atoms with Crippen LogP contribution in [0.3, 0.4) is 0 Å². The minimum Gasteiger partial charge on any atom is -0.497 e. The van der Waals surface area contributed by atoms with E-state index in [1.54, 1.807) is 27.2 Å². The molecule has 2 aromatic carbocycles. The average Bonchev–Trinajstić information content (AvgIpc) is 2.53. The minimum atomic E-state index is -0.533. The molecule has 0 aliphatic rings. The van der Waals surface area contributed by atoms with Crippen molar-refractivity contribution in [2.24, 2.45) is 0 Å². The first-order valence-corrected chi connectivity index (χ1v) is 6.75. The van der Waals surface area contributed by atoms with Gasteiger partial charge in [-0.2, -0.15) is 0 Å². The fourth-order valence-electron chi connectivity index (χ4n) is 1.95. The molecule has 2 aromatic rings. The topological polar surface area (TPSA) is 47.9 Å². The summed E-state index contributed by atoms with van der Waals surface area (Å²) in [7, 11) is 3.22. The highest BCUT2D eigenvalue weighted by molar-refractivity contribution is 5.43. The second-order valence-corrected chi connectivity index (χ2v) is 4.72. The van der Waals surface area contributed by atoms with Gasteiger partial charge < -0.3 is 19.3 Å². The van der Waals surface area contributed by atoms with E-state index in [9.17, 15) is 5.11 Å². The highest BCUT2D eigenvalue weighted by Crippen LogP contribution is 2.31. The Morgan fingerprint density at radius 2 is 1.67 bits per heavy atom. The summed E-state index contributed by atoms with van der Waals surface area (Å²) in [5, 5.41) is 9.58. The Bertz CT molecular complexity index is 576. The molecule has 4 nitrogen and oxygen atoms in total. The molecule has 0 amide bonds. The van der Waals surface area contributed by atoms with E-state index >= 15 is 0 Å². The molecule has 0 radical (unpaired) electrons. The molecule has 0 saturated heterocycles. The lowest BCUT2D eigenvalue weighted by atomic mass is 10.1. The van der Waals surface area contributed by atoms with Gasteiger partial charge in [0.1, 0.15) is 12.4 Å². The van der Waals surface area contributed by atoms with E-state index in [0.717, 1.165) is 16.9 Å². The van der Waals surface area contributed by atoms with Crippen molar-refractivity contribution in [3.8, 4) is 17.2 Å². The molecule has 0 aliphatic carbocycles. The molecule has 112 valence electrons. The number of hydrogen-bond acceptors (Lipinski definition) is 4. The monoisotopic (exact) mass is 288 g/mol. The van der Waals surface area contributed by atoms with Crippen LogP contribution < -0.4 is 14.2 Å². The van der Waals surface area contributed by atoms with Crippen molar-refractivity contribution in [1.82, 2.24) is 0 Å². The maximum Gasteiger partial charge on any atom is 0.161 e. The van der Waals surface area contributed by atoms with Gasteiger partial charge >= 0.3 is 0 Å². The third-order valence-electron chi connectivity index (χ3n) is 3.22. The van der Waals surface area contributed by atoms with Gasteiger partial charge in [-0.3, -0.25) is 0 Å². The zero-order chi connectivity index (χ0) is 15.2. The van der Waals surface area contributed by atoms with Crippen molar-refractivity contribution in [2.45, 2.75) is 19.6 Å². The molecule has 0 spiro atoms. The highest BCUT2D eigenvalue weighted by Gasteiger charge is 2.09. The van der Waals surface area contributed by atoms with Crippen molar-refractivity contribution in [3.05, 3.63) is 53.6 Å². The van der Waals surface area contributed by atoms with Gasteiger partial charge in [0.2, 0.25) is 0 Å². The fourth-order valence-corrected chi connectivity index (χ4v) is 1.95. The number of ether oxygens (including phenoxy) is 3. The first-order chi connectivity index (χ1) is 10.1. The van der Waals surface area contributed by atoms with Gasteiger partial charge in [-0.1, -0.05) is 18.2 Å². The number of aliphatic hydroxyl groups is 1. The van der Waals surface area contributed by atoms with E-state index < -0.39 is 6.10 Å². The van der Waals surface area contributed by atoms with Crippen LogP contribution in [0.25, 0.3) is 0 Å². The van der Waals surface area contributed by atoms with Gasteiger partial charge in [0.05, 0.1) is 20.3 Å². The Morgan fingerprint density at radius 3 is 2.24 bits per heavy atom. The summed E-state index contributed by atoms with van der Waals surface area (Å²) in [6.45, 7) is 2.15. The average molecular weight is 288 g/mol.